The van der Waals surface area contributed by atoms with Gasteiger partial charge in [-0.2, -0.15) is 5.26 Å². The summed E-state index contributed by atoms with van der Waals surface area (Å²) in [7, 11) is 0. The molecule has 2 fully saturated rings. The van der Waals surface area contributed by atoms with Crippen LogP contribution in [0.25, 0.3) is 0 Å². The quantitative estimate of drug-likeness (QED) is 0.725. The molecule has 0 aliphatic carbocycles. The molecule has 0 amide bonds. The first kappa shape index (κ1) is 12.8. The van der Waals surface area contributed by atoms with E-state index in [1.165, 1.54) is 25.9 Å². The summed E-state index contributed by atoms with van der Waals surface area (Å²) >= 11 is 0. The van der Waals surface area contributed by atoms with Gasteiger partial charge in [-0.25, -0.2) is 0 Å². The fourth-order valence-electron chi connectivity index (χ4n) is 3.05. The highest BCUT2D eigenvalue weighted by atomic mass is 15.3. The molecule has 1 N–H and O–H groups in total. The topological polar surface area (TPSA) is 42.3 Å². The monoisotopic (exact) mass is 236 g/mol. The minimum Gasteiger partial charge on any atom is -0.317 e. The van der Waals surface area contributed by atoms with Gasteiger partial charge in [0.25, 0.3) is 0 Å². The summed E-state index contributed by atoms with van der Waals surface area (Å²) < 4.78 is 0. The van der Waals surface area contributed by atoms with Crippen LogP contribution in [0.4, 0.5) is 0 Å². The Kier molecular flexibility index (Phi) is 4.78. The molecule has 0 bridgehead atoms. The van der Waals surface area contributed by atoms with Crippen LogP contribution in [-0.2, 0) is 0 Å². The number of nitriles is 1. The van der Waals surface area contributed by atoms with Crippen molar-refractivity contribution in [1.29, 1.82) is 5.26 Å². The van der Waals surface area contributed by atoms with Crippen LogP contribution in [0.1, 0.15) is 19.8 Å². The zero-order valence-corrected chi connectivity index (χ0v) is 10.9. The maximum absolute atomic E-state index is 8.69. The number of nitrogens with zero attached hydrogens (tertiary/aromatic N) is 3. The first-order valence-electron chi connectivity index (χ1n) is 6.85. The average molecular weight is 236 g/mol. The molecule has 2 aliphatic heterocycles. The zero-order chi connectivity index (χ0) is 12.1. The van der Waals surface area contributed by atoms with Crippen LogP contribution < -0.4 is 5.32 Å². The SMILES string of the molecule is CC(C1CCNCC1)N1CCN(CC#N)CC1. The third kappa shape index (κ3) is 3.41. The lowest BCUT2D eigenvalue weighted by Gasteiger charge is -2.41. The predicted octanol–water partition coefficient (Wildman–Crippen LogP) is 0.516. The van der Waals surface area contributed by atoms with Crippen LogP contribution in [0.15, 0.2) is 0 Å². The van der Waals surface area contributed by atoms with Crippen LogP contribution >= 0.6 is 0 Å². The Labute approximate surface area is 105 Å². The second-order valence-corrected chi connectivity index (χ2v) is 5.30. The van der Waals surface area contributed by atoms with Gasteiger partial charge in [0.05, 0.1) is 12.6 Å². The first-order valence-corrected chi connectivity index (χ1v) is 6.85. The number of rotatable bonds is 3. The Morgan fingerprint density at radius 1 is 1.24 bits per heavy atom. The van der Waals surface area contributed by atoms with Gasteiger partial charge in [0, 0.05) is 32.2 Å². The van der Waals surface area contributed by atoms with E-state index in [0.717, 1.165) is 32.1 Å². The summed E-state index contributed by atoms with van der Waals surface area (Å²) in [6.45, 7) is 9.73. The van der Waals surface area contributed by atoms with Gasteiger partial charge in [-0.05, 0) is 38.8 Å². The van der Waals surface area contributed by atoms with Crippen molar-refractivity contribution in [3.8, 4) is 6.07 Å². The maximum Gasteiger partial charge on any atom is 0.0866 e. The summed E-state index contributed by atoms with van der Waals surface area (Å²) in [6, 6.07) is 2.95. The molecule has 0 radical (unpaired) electrons. The average Bonchev–Trinajstić information content (AvgIpc) is 2.40. The van der Waals surface area contributed by atoms with Crippen LogP contribution in [0.2, 0.25) is 0 Å². The smallest absolute Gasteiger partial charge is 0.0866 e. The van der Waals surface area contributed by atoms with Crippen LogP contribution in [-0.4, -0.2) is 61.7 Å². The number of piperazine rings is 1. The Morgan fingerprint density at radius 2 is 1.88 bits per heavy atom. The van der Waals surface area contributed by atoms with Crippen molar-refractivity contribution in [2.24, 2.45) is 5.92 Å². The summed E-state index contributed by atoms with van der Waals surface area (Å²) in [6.07, 6.45) is 2.64. The van der Waals surface area contributed by atoms with Crippen molar-refractivity contribution in [3.05, 3.63) is 0 Å². The van der Waals surface area contributed by atoms with E-state index in [2.05, 4.69) is 28.1 Å². The lowest BCUT2D eigenvalue weighted by Crippen LogP contribution is -2.52. The summed E-state index contributed by atoms with van der Waals surface area (Å²) in [4.78, 5) is 4.87. The zero-order valence-electron chi connectivity index (χ0n) is 10.9. The number of piperidine rings is 1. The summed E-state index contributed by atoms with van der Waals surface area (Å²) in [5.41, 5.74) is 0. The van der Waals surface area contributed by atoms with E-state index in [1.54, 1.807) is 0 Å². The van der Waals surface area contributed by atoms with E-state index in [0.29, 0.717) is 12.6 Å². The van der Waals surface area contributed by atoms with Gasteiger partial charge in [-0.3, -0.25) is 9.80 Å². The summed E-state index contributed by atoms with van der Waals surface area (Å²) in [5, 5.41) is 12.1. The molecule has 2 saturated heterocycles. The van der Waals surface area contributed by atoms with Crippen LogP contribution in [0.5, 0.6) is 0 Å². The van der Waals surface area contributed by atoms with E-state index in [1.807, 2.05) is 0 Å². The van der Waals surface area contributed by atoms with Gasteiger partial charge in [-0.1, -0.05) is 0 Å². The van der Waals surface area contributed by atoms with Crippen molar-refractivity contribution in [1.82, 2.24) is 15.1 Å². The van der Waals surface area contributed by atoms with E-state index in [9.17, 15) is 0 Å². The molecule has 0 aromatic carbocycles. The normalized spacial score (nSPS) is 26.6. The van der Waals surface area contributed by atoms with Gasteiger partial charge in [0.15, 0.2) is 0 Å². The number of hydrogen-bond acceptors (Lipinski definition) is 4. The van der Waals surface area contributed by atoms with E-state index < -0.39 is 0 Å². The van der Waals surface area contributed by atoms with Crippen molar-refractivity contribution < 1.29 is 0 Å². The standard InChI is InChI=1S/C13H24N4/c1-12(13-2-5-15-6-3-13)17-10-8-16(7-4-14)9-11-17/h12-13,15H,2-3,5-11H2,1H3. The third-order valence-corrected chi connectivity index (χ3v) is 4.34. The minimum atomic E-state index is 0.593. The molecule has 0 spiro atoms. The molecule has 17 heavy (non-hydrogen) atoms. The highest BCUT2D eigenvalue weighted by Crippen LogP contribution is 2.21. The van der Waals surface area contributed by atoms with Crippen molar-refractivity contribution in [3.63, 3.8) is 0 Å². The Hall–Kier alpha value is -0.630. The van der Waals surface area contributed by atoms with Crippen LogP contribution in [0.3, 0.4) is 0 Å². The largest absolute Gasteiger partial charge is 0.317 e. The van der Waals surface area contributed by atoms with Gasteiger partial charge >= 0.3 is 0 Å². The second-order valence-electron chi connectivity index (χ2n) is 5.30. The molecule has 96 valence electrons. The van der Waals surface area contributed by atoms with E-state index in [-0.39, 0.29) is 0 Å². The van der Waals surface area contributed by atoms with Gasteiger partial charge in [-0.15, -0.1) is 0 Å². The lowest BCUT2D eigenvalue weighted by molar-refractivity contribution is 0.0742. The molecule has 2 heterocycles. The molecular weight excluding hydrogens is 212 g/mol. The highest BCUT2D eigenvalue weighted by Gasteiger charge is 2.27. The molecular formula is C13H24N4. The fourth-order valence-corrected chi connectivity index (χ4v) is 3.05. The van der Waals surface area contributed by atoms with Crippen molar-refractivity contribution >= 4 is 0 Å². The lowest BCUT2D eigenvalue weighted by atomic mass is 9.90. The highest BCUT2D eigenvalue weighted by molar-refractivity contribution is 4.85. The van der Waals surface area contributed by atoms with E-state index >= 15 is 0 Å². The van der Waals surface area contributed by atoms with Crippen LogP contribution in [0, 0.1) is 17.2 Å². The first-order chi connectivity index (χ1) is 8.31. The molecule has 2 rings (SSSR count). The Bertz CT molecular complexity index is 259. The Balaban J connectivity index is 1.77. The Morgan fingerprint density at radius 3 is 2.47 bits per heavy atom. The molecule has 1 atom stereocenters. The maximum atomic E-state index is 8.69. The second kappa shape index (κ2) is 6.34. The molecule has 2 aliphatic rings. The molecule has 0 aromatic rings. The number of nitrogens with one attached hydrogen (secondary N) is 1. The molecule has 0 saturated carbocycles. The van der Waals surface area contributed by atoms with Crippen molar-refractivity contribution in [2.75, 3.05) is 45.8 Å². The molecule has 4 nitrogen and oxygen atoms in total. The molecule has 4 heteroatoms. The molecule has 1 unspecified atom stereocenters. The summed E-state index contributed by atoms with van der Waals surface area (Å²) in [5.74, 6) is 0.860. The minimum absolute atomic E-state index is 0.593. The fraction of sp³-hybridized carbons (Fsp3) is 0.923. The van der Waals surface area contributed by atoms with Gasteiger partial charge < -0.3 is 5.32 Å². The third-order valence-electron chi connectivity index (χ3n) is 4.34. The molecule has 0 aromatic heterocycles. The number of hydrogen-bond donors (Lipinski definition) is 1. The predicted molar refractivity (Wildman–Crippen MR) is 68.7 cm³/mol. The van der Waals surface area contributed by atoms with Crippen molar-refractivity contribution in [2.45, 2.75) is 25.8 Å². The van der Waals surface area contributed by atoms with E-state index in [4.69, 9.17) is 5.26 Å². The van der Waals surface area contributed by atoms with Gasteiger partial charge in [0.2, 0.25) is 0 Å². The van der Waals surface area contributed by atoms with Gasteiger partial charge in [0.1, 0.15) is 0 Å².